The number of ether oxygens (including phenoxy) is 2. The van der Waals surface area contributed by atoms with Gasteiger partial charge in [-0.3, -0.25) is 4.90 Å². The van der Waals surface area contributed by atoms with E-state index in [-0.39, 0.29) is 17.8 Å². The summed E-state index contributed by atoms with van der Waals surface area (Å²) in [6.45, 7) is 4.97. The molecule has 0 amide bonds. The maximum atomic E-state index is 11.9. The van der Waals surface area contributed by atoms with Crippen molar-refractivity contribution in [3.05, 3.63) is 17.6 Å². The zero-order valence-corrected chi connectivity index (χ0v) is 14.6. The van der Waals surface area contributed by atoms with E-state index in [1.165, 1.54) is 13.5 Å². The molecule has 1 N–H and O–H groups in total. The first-order valence-corrected chi connectivity index (χ1v) is 8.63. The van der Waals surface area contributed by atoms with E-state index in [9.17, 15) is 4.79 Å². The van der Waals surface area contributed by atoms with Gasteiger partial charge < -0.3 is 14.8 Å². The van der Waals surface area contributed by atoms with E-state index in [2.05, 4.69) is 34.2 Å². The largest absolute Gasteiger partial charge is 0.473 e. The molecule has 7 nitrogen and oxygen atoms in total. The molecule has 3 rings (SSSR count). The van der Waals surface area contributed by atoms with Gasteiger partial charge in [0.2, 0.25) is 11.7 Å². The van der Waals surface area contributed by atoms with Crippen molar-refractivity contribution in [2.75, 3.05) is 33.8 Å². The van der Waals surface area contributed by atoms with Gasteiger partial charge in [-0.2, -0.15) is 4.98 Å². The molecule has 3 atom stereocenters. The topological polar surface area (TPSA) is 76.6 Å². The summed E-state index contributed by atoms with van der Waals surface area (Å²) in [5, 5.41) is 3.32. The first-order chi connectivity index (χ1) is 11.6. The van der Waals surface area contributed by atoms with Crippen LogP contribution in [0.15, 0.2) is 6.07 Å². The molecule has 2 aliphatic rings. The summed E-state index contributed by atoms with van der Waals surface area (Å²) < 4.78 is 10.9. The second kappa shape index (κ2) is 7.44. The fourth-order valence-electron chi connectivity index (χ4n) is 3.60. The zero-order valence-electron chi connectivity index (χ0n) is 14.6. The molecule has 3 heterocycles. The predicted octanol–water partition coefficient (Wildman–Crippen LogP) is 1.20. The van der Waals surface area contributed by atoms with Gasteiger partial charge in [0, 0.05) is 24.6 Å². The number of nitrogens with zero attached hydrogens (tertiary/aromatic N) is 3. The number of likely N-dealkylation sites (tertiary alicyclic amines) is 1. The number of rotatable bonds is 5. The number of carbonyl (C=O) groups is 1. The number of likely N-dealkylation sites (N-methyl/N-ethyl adjacent to an activating group) is 1. The van der Waals surface area contributed by atoms with Gasteiger partial charge >= 0.3 is 5.97 Å². The van der Waals surface area contributed by atoms with Gasteiger partial charge in [0.1, 0.15) is 6.10 Å². The number of methoxy groups -OCH3 is 1. The van der Waals surface area contributed by atoms with E-state index < -0.39 is 5.97 Å². The van der Waals surface area contributed by atoms with Crippen molar-refractivity contribution in [1.29, 1.82) is 0 Å². The third-order valence-electron chi connectivity index (χ3n) is 4.99. The van der Waals surface area contributed by atoms with Gasteiger partial charge in [-0.1, -0.05) is 0 Å². The Morgan fingerprint density at radius 2 is 2.25 bits per heavy atom. The Morgan fingerprint density at radius 1 is 1.42 bits per heavy atom. The molecule has 0 spiro atoms. The second-order valence-corrected chi connectivity index (χ2v) is 6.65. The molecule has 1 aromatic rings. The summed E-state index contributed by atoms with van der Waals surface area (Å²) in [5.41, 5.74) is 0.845. The van der Waals surface area contributed by atoms with Crippen LogP contribution in [0.5, 0.6) is 5.88 Å². The molecule has 0 bridgehead atoms. The SMILES string of the molecule is COC(=O)c1nc(O[C@@H](C)[C@@H]2CCCN2C)cc(C2CCNC2)n1. The van der Waals surface area contributed by atoms with Crippen molar-refractivity contribution in [2.24, 2.45) is 0 Å². The van der Waals surface area contributed by atoms with Crippen LogP contribution in [-0.2, 0) is 4.74 Å². The zero-order chi connectivity index (χ0) is 17.1. The smallest absolute Gasteiger partial charge is 0.376 e. The molecule has 1 aromatic heterocycles. The molecular weight excluding hydrogens is 308 g/mol. The first kappa shape index (κ1) is 17.1. The Kier molecular flexibility index (Phi) is 5.30. The Balaban J connectivity index is 1.82. The van der Waals surface area contributed by atoms with Crippen LogP contribution in [-0.4, -0.2) is 66.8 Å². The van der Waals surface area contributed by atoms with Crippen molar-refractivity contribution in [3.63, 3.8) is 0 Å². The highest BCUT2D eigenvalue weighted by molar-refractivity contribution is 5.85. The lowest BCUT2D eigenvalue weighted by atomic mass is 10.0. The van der Waals surface area contributed by atoms with Gasteiger partial charge in [-0.15, -0.1) is 0 Å². The monoisotopic (exact) mass is 334 g/mol. The Labute approximate surface area is 142 Å². The molecule has 24 heavy (non-hydrogen) atoms. The van der Waals surface area contributed by atoms with Crippen LogP contribution in [0.3, 0.4) is 0 Å². The van der Waals surface area contributed by atoms with Crippen LogP contribution in [0.1, 0.15) is 48.4 Å². The van der Waals surface area contributed by atoms with E-state index >= 15 is 0 Å². The molecule has 0 aromatic carbocycles. The Hall–Kier alpha value is -1.73. The van der Waals surface area contributed by atoms with Gasteiger partial charge in [0.25, 0.3) is 0 Å². The average Bonchev–Trinajstić information content (AvgIpc) is 3.25. The number of hydrogen-bond donors (Lipinski definition) is 1. The van der Waals surface area contributed by atoms with Crippen LogP contribution in [0.2, 0.25) is 0 Å². The first-order valence-electron chi connectivity index (χ1n) is 8.63. The van der Waals surface area contributed by atoms with E-state index in [4.69, 9.17) is 9.47 Å². The van der Waals surface area contributed by atoms with E-state index in [0.717, 1.165) is 38.2 Å². The molecule has 0 aliphatic carbocycles. The molecule has 2 fully saturated rings. The van der Waals surface area contributed by atoms with Gasteiger partial charge in [-0.25, -0.2) is 9.78 Å². The van der Waals surface area contributed by atoms with Crippen molar-refractivity contribution in [3.8, 4) is 5.88 Å². The molecule has 0 saturated carbocycles. The molecule has 2 saturated heterocycles. The number of hydrogen-bond acceptors (Lipinski definition) is 7. The number of aromatic nitrogens is 2. The highest BCUT2D eigenvalue weighted by Crippen LogP contribution is 2.26. The quantitative estimate of drug-likeness (QED) is 0.811. The second-order valence-electron chi connectivity index (χ2n) is 6.65. The van der Waals surface area contributed by atoms with Crippen molar-refractivity contribution < 1.29 is 14.3 Å². The average molecular weight is 334 g/mol. The van der Waals surface area contributed by atoms with Crippen molar-refractivity contribution >= 4 is 5.97 Å². The lowest BCUT2D eigenvalue weighted by molar-refractivity contribution is 0.0581. The summed E-state index contributed by atoms with van der Waals surface area (Å²) in [6.07, 6.45) is 3.31. The van der Waals surface area contributed by atoms with Crippen LogP contribution in [0.4, 0.5) is 0 Å². The van der Waals surface area contributed by atoms with Gasteiger partial charge in [0.15, 0.2) is 0 Å². The Bertz CT molecular complexity index is 589. The van der Waals surface area contributed by atoms with Crippen LogP contribution in [0, 0.1) is 0 Å². The Morgan fingerprint density at radius 3 is 2.88 bits per heavy atom. The minimum absolute atomic E-state index is 0.00690. The minimum Gasteiger partial charge on any atom is -0.473 e. The molecule has 0 radical (unpaired) electrons. The maximum absolute atomic E-state index is 11.9. The minimum atomic E-state index is -0.529. The fourth-order valence-corrected chi connectivity index (χ4v) is 3.60. The van der Waals surface area contributed by atoms with Crippen LogP contribution >= 0.6 is 0 Å². The van der Waals surface area contributed by atoms with E-state index in [1.54, 1.807) is 0 Å². The number of carbonyl (C=O) groups excluding carboxylic acids is 1. The van der Waals surface area contributed by atoms with Crippen LogP contribution in [0.25, 0.3) is 0 Å². The lowest BCUT2D eigenvalue weighted by Crippen LogP contribution is -2.38. The van der Waals surface area contributed by atoms with Gasteiger partial charge in [0.05, 0.1) is 12.8 Å². The number of nitrogens with one attached hydrogen (secondary N) is 1. The van der Waals surface area contributed by atoms with Crippen molar-refractivity contribution in [2.45, 2.75) is 44.2 Å². The summed E-state index contributed by atoms with van der Waals surface area (Å²) in [6, 6.07) is 2.24. The molecule has 7 heteroatoms. The van der Waals surface area contributed by atoms with E-state index in [1.807, 2.05) is 6.07 Å². The summed E-state index contributed by atoms with van der Waals surface area (Å²) in [7, 11) is 3.46. The molecular formula is C17H26N4O3. The summed E-state index contributed by atoms with van der Waals surface area (Å²) in [5.74, 6) is 0.283. The standard InChI is InChI=1S/C17H26N4O3/c1-11(14-5-4-8-21(14)2)24-15-9-13(12-6-7-18-10-12)19-16(20-15)17(22)23-3/h9,11-12,14,18H,4-8,10H2,1-3H3/t11-,12?,14-/m0/s1. The van der Waals surface area contributed by atoms with Gasteiger partial charge in [-0.05, 0) is 46.3 Å². The summed E-state index contributed by atoms with van der Waals surface area (Å²) in [4.78, 5) is 22.9. The normalized spacial score (nSPS) is 25.6. The third-order valence-corrected chi connectivity index (χ3v) is 4.99. The molecule has 2 aliphatic heterocycles. The number of esters is 1. The predicted molar refractivity (Wildman–Crippen MR) is 89.3 cm³/mol. The van der Waals surface area contributed by atoms with E-state index in [0.29, 0.717) is 11.9 Å². The fraction of sp³-hybridized carbons (Fsp3) is 0.706. The lowest BCUT2D eigenvalue weighted by Gasteiger charge is -2.26. The highest BCUT2D eigenvalue weighted by Gasteiger charge is 2.29. The highest BCUT2D eigenvalue weighted by atomic mass is 16.5. The third kappa shape index (κ3) is 3.67. The van der Waals surface area contributed by atoms with Crippen molar-refractivity contribution in [1.82, 2.24) is 20.2 Å². The van der Waals surface area contributed by atoms with Crippen LogP contribution < -0.4 is 10.1 Å². The molecule has 132 valence electrons. The molecule has 1 unspecified atom stereocenters. The summed E-state index contributed by atoms with van der Waals surface area (Å²) >= 11 is 0. The maximum Gasteiger partial charge on any atom is 0.376 e.